The van der Waals surface area contributed by atoms with Gasteiger partial charge in [0.1, 0.15) is 11.0 Å². The number of anilines is 2. The molecule has 1 aromatic carbocycles. The first-order chi connectivity index (χ1) is 22.0. The number of hydrogen-bond acceptors (Lipinski definition) is 6. The van der Waals surface area contributed by atoms with Gasteiger partial charge in [-0.05, 0) is 56.2 Å². The molecule has 3 aromatic rings. The number of imidazole rings is 1. The van der Waals surface area contributed by atoms with Crippen LogP contribution in [0.3, 0.4) is 0 Å². The van der Waals surface area contributed by atoms with E-state index in [0.29, 0.717) is 0 Å². The van der Waals surface area contributed by atoms with E-state index < -0.39 is 60.5 Å². The molecule has 2 saturated carbocycles. The number of nitrogens with zero attached hydrogens (tertiary/aromatic N) is 2. The Morgan fingerprint density at radius 3 is 2.32 bits per heavy atom. The van der Waals surface area contributed by atoms with Gasteiger partial charge < -0.3 is 25.7 Å². The van der Waals surface area contributed by atoms with Gasteiger partial charge in [-0.25, -0.2) is 8.78 Å². The van der Waals surface area contributed by atoms with Crippen LogP contribution >= 0.6 is 23.2 Å². The van der Waals surface area contributed by atoms with Crippen molar-refractivity contribution in [2.24, 2.45) is 11.3 Å². The molecule has 256 valence electrons. The average molecular weight is 717 g/mol. The maximum Gasteiger partial charge on any atom is 0.403 e. The Morgan fingerprint density at radius 2 is 1.72 bits per heavy atom. The number of fused-ring (bicyclic) bond motifs is 1. The fourth-order valence-electron chi connectivity index (χ4n) is 5.30. The average Bonchev–Trinajstić information content (AvgIpc) is 3.73. The van der Waals surface area contributed by atoms with Crippen LogP contribution in [0, 0.1) is 11.3 Å². The van der Waals surface area contributed by atoms with E-state index in [4.69, 9.17) is 27.9 Å². The first kappa shape index (κ1) is 34.7. The van der Waals surface area contributed by atoms with E-state index in [9.17, 15) is 44.7 Å². The lowest BCUT2D eigenvalue weighted by molar-refractivity contribution is -0.192. The van der Waals surface area contributed by atoms with Crippen molar-refractivity contribution in [2.45, 2.75) is 69.9 Å². The highest BCUT2D eigenvalue weighted by molar-refractivity contribution is 6.39. The Morgan fingerprint density at radius 1 is 1.04 bits per heavy atom. The summed E-state index contributed by atoms with van der Waals surface area (Å²) < 4.78 is 110. The third-order valence-corrected chi connectivity index (χ3v) is 8.88. The lowest BCUT2D eigenvalue weighted by Gasteiger charge is -2.30. The molecular formula is C28H26Cl2F8N6O3. The molecule has 0 bridgehead atoms. The highest BCUT2D eigenvalue weighted by atomic mass is 35.5. The molecule has 0 radical (unpaired) electrons. The summed E-state index contributed by atoms with van der Waals surface area (Å²) in [5.41, 5.74) is -2.37. The van der Waals surface area contributed by atoms with E-state index in [2.05, 4.69) is 30.9 Å². The lowest BCUT2D eigenvalue weighted by atomic mass is 9.85. The van der Waals surface area contributed by atoms with Crippen LogP contribution in [0.2, 0.25) is 10.0 Å². The van der Waals surface area contributed by atoms with Gasteiger partial charge in [0.25, 0.3) is 12.3 Å². The van der Waals surface area contributed by atoms with Gasteiger partial charge in [-0.2, -0.15) is 36.3 Å². The van der Waals surface area contributed by atoms with E-state index in [1.54, 1.807) is 0 Å². The molecule has 0 unspecified atom stereocenters. The zero-order valence-corrected chi connectivity index (χ0v) is 25.5. The smallest absolute Gasteiger partial charge is 0.403 e. The van der Waals surface area contributed by atoms with Gasteiger partial charge in [-0.15, -0.1) is 0 Å². The van der Waals surface area contributed by atoms with E-state index in [1.165, 1.54) is 18.2 Å². The zero-order valence-electron chi connectivity index (χ0n) is 24.0. The number of carbonyl (C=O) groups is 2. The van der Waals surface area contributed by atoms with E-state index in [-0.39, 0.29) is 89.0 Å². The van der Waals surface area contributed by atoms with Crippen molar-refractivity contribution in [3.05, 3.63) is 39.4 Å². The van der Waals surface area contributed by atoms with Crippen molar-refractivity contribution in [3.8, 4) is 5.88 Å². The van der Waals surface area contributed by atoms with Gasteiger partial charge in [0.2, 0.25) is 17.7 Å². The van der Waals surface area contributed by atoms with Crippen molar-refractivity contribution < 1.29 is 49.4 Å². The van der Waals surface area contributed by atoms with Crippen LogP contribution in [0.25, 0.3) is 11.2 Å². The molecule has 5 rings (SSSR count). The highest BCUT2D eigenvalue weighted by Crippen LogP contribution is 2.57. The third-order valence-electron chi connectivity index (χ3n) is 8.14. The van der Waals surface area contributed by atoms with E-state index >= 15 is 0 Å². The summed E-state index contributed by atoms with van der Waals surface area (Å²) in [5.74, 6) is -3.98. The Kier molecular flexibility index (Phi) is 9.70. The van der Waals surface area contributed by atoms with Gasteiger partial charge in [0.05, 0.1) is 27.2 Å². The van der Waals surface area contributed by atoms with E-state index in [0.717, 1.165) is 0 Å². The van der Waals surface area contributed by atoms with Gasteiger partial charge in [-0.3, -0.25) is 9.59 Å². The van der Waals surface area contributed by atoms with Gasteiger partial charge in [0.15, 0.2) is 12.3 Å². The minimum atomic E-state index is -4.69. The van der Waals surface area contributed by atoms with Crippen LogP contribution < -0.4 is 20.7 Å². The molecule has 0 atom stereocenters. The molecule has 9 nitrogen and oxygen atoms in total. The van der Waals surface area contributed by atoms with Crippen LogP contribution in [0.15, 0.2) is 18.2 Å². The summed E-state index contributed by atoms with van der Waals surface area (Å²) in [5, 5.41) is 7.70. The van der Waals surface area contributed by atoms with Crippen LogP contribution in [0.1, 0.15) is 54.4 Å². The Bertz CT molecular complexity index is 1650. The molecule has 2 aliphatic rings. The quantitative estimate of drug-likeness (QED) is 0.162. The first-order valence-corrected chi connectivity index (χ1v) is 15.0. The summed E-state index contributed by atoms with van der Waals surface area (Å²) >= 11 is 12.8. The van der Waals surface area contributed by atoms with Crippen molar-refractivity contribution in [1.29, 1.82) is 0 Å². The predicted molar refractivity (Wildman–Crippen MR) is 154 cm³/mol. The normalized spacial score (nSPS) is 19.5. The number of H-pyrrole nitrogens is 1. The fourth-order valence-corrected chi connectivity index (χ4v) is 5.83. The number of nitrogens with one attached hydrogen (secondary N) is 4. The summed E-state index contributed by atoms with van der Waals surface area (Å²) in [6.45, 7) is -1.45. The number of carbonyl (C=O) groups excluding carboxylic acids is 2. The number of benzene rings is 1. The predicted octanol–water partition coefficient (Wildman–Crippen LogP) is 7.46. The second kappa shape index (κ2) is 13.1. The summed E-state index contributed by atoms with van der Waals surface area (Å²) in [6, 6.07) is 3.43. The number of alkyl halides is 8. The van der Waals surface area contributed by atoms with Gasteiger partial charge in [0, 0.05) is 12.6 Å². The number of halogens is 10. The SMILES string of the molecule is O=C(NC1CCC(C(F)(F)F)CC1)c1cc2[nH]c(Nc3c(Cl)ccc(CNC(=O)C4(C(F)(F)F)CC4)c3Cl)nc2nc1OCC(F)F. The molecule has 0 spiro atoms. The minimum absolute atomic E-state index is 0.0469. The molecule has 4 N–H and O–H groups in total. The first-order valence-electron chi connectivity index (χ1n) is 14.3. The molecule has 19 heteroatoms. The number of aromatic nitrogens is 3. The molecule has 2 fully saturated rings. The van der Waals surface area contributed by atoms with Crippen LogP contribution in [0.4, 0.5) is 46.8 Å². The standard InChI is InChI=1S/C28H26Cl2F8N6O3/c29-16-6-1-12(10-39-24(46)26(7-8-26)28(36,37)38)19(30)20(16)42-25-41-17-9-15(23(43-21(17)44-25)47-11-18(31)32)22(45)40-14-4-2-13(3-5-14)27(33,34)35/h1,6,9,13-14,18H,2-5,7-8,10-11H2,(H,39,46)(H,40,45)(H2,41,42,43,44). The number of pyridine rings is 1. The topological polar surface area (TPSA) is 121 Å². The van der Waals surface area contributed by atoms with Gasteiger partial charge in [-0.1, -0.05) is 29.3 Å². The Hall–Kier alpha value is -3.60. The largest absolute Gasteiger partial charge is 0.471 e. The second-order valence-corrected chi connectivity index (χ2v) is 12.1. The number of hydrogen-bond donors (Lipinski definition) is 4. The van der Waals surface area contributed by atoms with Gasteiger partial charge >= 0.3 is 12.4 Å². The second-order valence-electron chi connectivity index (χ2n) is 11.3. The fraction of sp³-hybridized carbons (Fsp3) is 0.500. The summed E-state index contributed by atoms with van der Waals surface area (Å²) in [4.78, 5) is 36.5. The Labute approximate surface area is 271 Å². The van der Waals surface area contributed by atoms with Crippen LogP contribution in [-0.4, -0.2) is 58.2 Å². The van der Waals surface area contributed by atoms with Crippen molar-refractivity contribution >= 4 is 57.8 Å². The maximum atomic E-state index is 13.3. The number of rotatable bonds is 10. The molecular weight excluding hydrogens is 691 g/mol. The summed E-state index contributed by atoms with van der Waals surface area (Å²) in [6.07, 6.45) is -12.8. The van der Waals surface area contributed by atoms with Crippen molar-refractivity contribution in [2.75, 3.05) is 11.9 Å². The lowest BCUT2D eigenvalue weighted by Crippen LogP contribution is -2.40. The zero-order chi connectivity index (χ0) is 34.3. The maximum absolute atomic E-state index is 13.3. The minimum Gasteiger partial charge on any atom is -0.471 e. The molecule has 2 aliphatic carbocycles. The molecule has 47 heavy (non-hydrogen) atoms. The number of ether oxygens (including phenoxy) is 1. The number of amides is 2. The molecule has 2 heterocycles. The van der Waals surface area contributed by atoms with Crippen molar-refractivity contribution in [1.82, 2.24) is 25.6 Å². The monoisotopic (exact) mass is 716 g/mol. The van der Waals surface area contributed by atoms with E-state index in [1.807, 2.05) is 0 Å². The third kappa shape index (κ3) is 7.60. The van der Waals surface area contributed by atoms with Crippen LogP contribution in [0.5, 0.6) is 5.88 Å². The molecule has 0 saturated heterocycles. The molecule has 2 amide bonds. The molecule has 2 aromatic heterocycles. The highest BCUT2D eigenvalue weighted by Gasteiger charge is 2.68. The molecule has 0 aliphatic heterocycles. The Balaban J connectivity index is 1.34. The van der Waals surface area contributed by atoms with Crippen LogP contribution in [-0.2, 0) is 11.3 Å². The number of aromatic amines is 1. The van der Waals surface area contributed by atoms with Crippen molar-refractivity contribution in [3.63, 3.8) is 0 Å². The summed E-state index contributed by atoms with van der Waals surface area (Å²) in [7, 11) is 0.